The zero-order valence-corrected chi connectivity index (χ0v) is 13.3. The molecule has 1 N–H and O–H groups in total. The first-order valence-corrected chi connectivity index (χ1v) is 7.86. The number of hydrogen-bond donors (Lipinski definition) is 1. The maximum atomic E-state index is 13.9. The molecule has 0 aliphatic carbocycles. The van der Waals surface area contributed by atoms with Crippen LogP contribution in [0, 0.1) is 5.82 Å². The van der Waals surface area contributed by atoms with Crippen LogP contribution in [0.2, 0.25) is 0 Å². The van der Waals surface area contributed by atoms with Crippen LogP contribution >= 0.6 is 15.9 Å². The van der Waals surface area contributed by atoms with Crippen molar-refractivity contribution in [3.8, 4) is 0 Å². The normalized spacial score (nSPS) is 20.9. The van der Waals surface area contributed by atoms with Gasteiger partial charge in [0.1, 0.15) is 5.82 Å². The van der Waals surface area contributed by atoms with Gasteiger partial charge in [-0.1, -0.05) is 22.9 Å². The van der Waals surface area contributed by atoms with Crippen LogP contribution in [0.15, 0.2) is 22.7 Å². The fraction of sp³-hybridized carbons (Fsp3) is 0.600. The van der Waals surface area contributed by atoms with E-state index in [0.717, 1.165) is 17.4 Å². The van der Waals surface area contributed by atoms with Gasteiger partial charge in [0.2, 0.25) is 0 Å². The van der Waals surface area contributed by atoms with Gasteiger partial charge in [-0.2, -0.15) is 0 Å². The summed E-state index contributed by atoms with van der Waals surface area (Å²) >= 11 is 3.39. The molecule has 0 spiro atoms. The molecule has 1 saturated heterocycles. The van der Waals surface area contributed by atoms with E-state index in [1.54, 1.807) is 6.07 Å². The van der Waals surface area contributed by atoms with Gasteiger partial charge >= 0.3 is 0 Å². The van der Waals surface area contributed by atoms with E-state index in [1.807, 2.05) is 6.07 Å². The van der Waals surface area contributed by atoms with Crippen LogP contribution in [0.25, 0.3) is 0 Å². The lowest BCUT2D eigenvalue weighted by Gasteiger charge is -2.31. The second-order valence-electron chi connectivity index (χ2n) is 4.98. The molecule has 5 heteroatoms. The molecule has 0 bridgehead atoms. The Morgan fingerprint density at radius 2 is 2.30 bits per heavy atom. The summed E-state index contributed by atoms with van der Waals surface area (Å²) in [5.74, 6) is -0.173. The molecule has 1 fully saturated rings. The van der Waals surface area contributed by atoms with E-state index in [4.69, 9.17) is 9.47 Å². The van der Waals surface area contributed by atoms with Crippen LogP contribution in [0.5, 0.6) is 0 Å². The summed E-state index contributed by atoms with van der Waals surface area (Å²) in [4.78, 5) is 0. The Morgan fingerprint density at radius 1 is 1.45 bits per heavy atom. The van der Waals surface area contributed by atoms with Crippen molar-refractivity contribution in [1.29, 1.82) is 0 Å². The molecule has 2 unspecified atom stereocenters. The fourth-order valence-corrected chi connectivity index (χ4v) is 2.75. The maximum Gasteiger partial charge on any atom is 0.126 e. The number of benzene rings is 1. The first kappa shape index (κ1) is 15.9. The van der Waals surface area contributed by atoms with E-state index in [-0.39, 0.29) is 18.0 Å². The van der Waals surface area contributed by atoms with Crippen molar-refractivity contribution >= 4 is 15.9 Å². The zero-order chi connectivity index (χ0) is 14.4. The van der Waals surface area contributed by atoms with Gasteiger partial charge in [-0.25, -0.2) is 4.39 Å². The van der Waals surface area contributed by atoms with Crippen molar-refractivity contribution in [3.63, 3.8) is 0 Å². The molecule has 2 atom stereocenters. The molecule has 2 rings (SSSR count). The van der Waals surface area contributed by atoms with Crippen molar-refractivity contribution in [1.82, 2.24) is 5.32 Å². The van der Waals surface area contributed by atoms with Gasteiger partial charge in [-0.15, -0.1) is 0 Å². The highest BCUT2D eigenvalue weighted by Gasteiger charge is 2.25. The van der Waals surface area contributed by atoms with Crippen molar-refractivity contribution in [3.05, 3.63) is 34.1 Å². The van der Waals surface area contributed by atoms with Gasteiger partial charge in [0.25, 0.3) is 0 Å². The van der Waals surface area contributed by atoms with E-state index < -0.39 is 0 Å². The second-order valence-corrected chi connectivity index (χ2v) is 5.90. The van der Waals surface area contributed by atoms with Crippen LogP contribution in [0.4, 0.5) is 4.39 Å². The molecule has 3 nitrogen and oxygen atoms in total. The average molecular weight is 346 g/mol. The zero-order valence-electron chi connectivity index (χ0n) is 11.7. The Bertz CT molecular complexity index is 424. The number of hydrogen-bond acceptors (Lipinski definition) is 3. The Hall–Kier alpha value is -0.490. The summed E-state index contributed by atoms with van der Waals surface area (Å²) in [5, 5.41) is 3.45. The van der Waals surface area contributed by atoms with E-state index >= 15 is 0 Å². The number of ether oxygens (including phenoxy) is 2. The molecule has 1 aliphatic rings. The van der Waals surface area contributed by atoms with Gasteiger partial charge < -0.3 is 14.8 Å². The van der Waals surface area contributed by atoms with Crippen LogP contribution in [0.3, 0.4) is 0 Å². The van der Waals surface area contributed by atoms with Crippen LogP contribution in [0.1, 0.15) is 18.9 Å². The largest absolute Gasteiger partial charge is 0.376 e. The summed E-state index contributed by atoms with van der Waals surface area (Å²) in [5.41, 5.74) is 0.696. The van der Waals surface area contributed by atoms with Crippen molar-refractivity contribution in [2.45, 2.75) is 31.9 Å². The summed E-state index contributed by atoms with van der Waals surface area (Å²) in [6.45, 7) is 4.82. The van der Waals surface area contributed by atoms with Crippen LogP contribution in [-0.4, -0.2) is 38.5 Å². The maximum absolute atomic E-state index is 13.9. The van der Waals surface area contributed by atoms with Gasteiger partial charge in [0.05, 0.1) is 25.9 Å². The second kappa shape index (κ2) is 8.08. The summed E-state index contributed by atoms with van der Waals surface area (Å²) in [6, 6.07) is 5.11. The summed E-state index contributed by atoms with van der Waals surface area (Å²) in [7, 11) is 0. The lowest BCUT2D eigenvalue weighted by molar-refractivity contribution is -0.101. The average Bonchev–Trinajstić information content (AvgIpc) is 2.48. The molecule has 1 heterocycles. The highest BCUT2D eigenvalue weighted by molar-refractivity contribution is 9.10. The molecule has 20 heavy (non-hydrogen) atoms. The summed E-state index contributed by atoms with van der Waals surface area (Å²) in [6.07, 6.45) is 1.61. The predicted molar refractivity (Wildman–Crippen MR) is 80.4 cm³/mol. The van der Waals surface area contributed by atoms with Crippen molar-refractivity contribution in [2.75, 3.05) is 26.4 Å². The Kier molecular flexibility index (Phi) is 6.42. The Balaban J connectivity index is 2.07. The molecular formula is C15H21BrFNO2. The quantitative estimate of drug-likeness (QED) is 0.859. The Morgan fingerprint density at radius 3 is 3.00 bits per heavy atom. The van der Waals surface area contributed by atoms with E-state index in [1.165, 1.54) is 6.07 Å². The molecule has 1 aromatic rings. The van der Waals surface area contributed by atoms with Crippen molar-refractivity contribution in [2.24, 2.45) is 0 Å². The molecule has 1 aliphatic heterocycles. The first-order valence-electron chi connectivity index (χ1n) is 7.07. The molecule has 0 amide bonds. The third-order valence-corrected chi connectivity index (χ3v) is 3.89. The van der Waals surface area contributed by atoms with Crippen LogP contribution in [-0.2, 0) is 15.9 Å². The minimum Gasteiger partial charge on any atom is -0.376 e. The number of rotatable bonds is 6. The fourth-order valence-electron chi connectivity index (χ4n) is 2.34. The standard InChI is InChI=1S/C15H21BrFNO2/c1-2-5-18-14(15-10-19-6-7-20-15)9-11-8-12(16)3-4-13(11)17/h3-4,8,14-15,18H,2,5-7,9-10H2,1H3. The SMILES string of the molecule is CCCNC(Cc1cc(Br)ccc1F)C1COCCO1. The van der Waals surface area contributed by atoms with E-state index in [2.05, 4.69) is 28.2 Å². The lowest BCUT2D eigenvalue weighted by Crippen LogP contribution is -2.48. The minimum atomic E-state index is -0.173. The molecule has 0 aromatic heterocycles. The molecule has 0 radical (unpaired) electrons. The predicted octanol–water partition coefficient (Wildman–Crippen LogP) is 2.91. The highest BCUT2D eigenvalue weighted by Crippen LogP contribution is 2.19. The van der Waals surface area contributed by atoms with Gasteiger partial charge in [-0.3, -0.25) is 0 Å². The number of nitrogens with one attached hydrogen (secondary N) is 1. The third kappa shape index (κ3) is 4.52. The monoisotopic (exact) mass is 345 g/mol. The highest BCUT2D eigenvalue weighted by atomic mass is 79.9. The first-order chi connectivity index (χ1) is 9.70. The molecular weight excluding hydrogens is 325 g/mol. The van der Waals surface area contributed by atoms with Gasteiger partial charge in [-0.05, 0) is 43.1 Å². The van der Waals surface area contributed by atoms with Gasteiger partial charge in [0, 0.05) is 10.5 Å². The topological polar surface area (TPSA) is 30.5 Å². The molecule has 112 valence electrons. The van der Waals surface area contributed by atoms with Gasteiger partial charge in [0.15, 0.2) is 0 Å². The van der Waals surface area contributed by atoms with E-state index in [9.17, 15) is 4.39 Å². The molecule has 0 saturated carbocycles. The smallest absolute Gasteiger partial charge is 0.126 e. The van der Waals surface area contributed by atoms with Crippen molar-refractivity contribution < 1.29 is 13.9 Å². The summed E-state index contributed by atoms with van der Waals surface area (Å²) < 4.78 is 26.0. The minimum absolute atomic E-state index is 0.0197. The third-order valence-electron chi connectivity index (χ3n) is 3.39. The molecule has 1 aromatic carbocycles. The van der Waals surface area contributed by atoms with E-state index in [0.29, 0.717) is 31.8 Å². The Labute approximate surface area is 128 Å². The van der Waals surface area contributed by atoms with Crippen LogP contribution < -0.4 is 5.32 Å². The number of halogens is 2. The lowest BCUT2D eigenvalue weighted by atomic mass is 10.0.